The summed E-state index contributed by atoms with van der Waals surface area (Å²) in [5, 5.41) is 8.82. The predicted molar refractivity (Wildman–Crippen MR) is 147 cm³/mol. The maximum atomic E-state index is 13.3. The molecule has 1 aromatic heterocycles. The Labute approximate surface area is 228 Å². The molecule has 9 nitrogen and oxygen atoms in total. The number of hydrogen-bond donors (Lipinski definition) is 0. The van der Waals surface area contributed by atoms with Gasteiger partial charge in [0, 0.05) is 49.4 Å². The van der Waals surface area contributed by atoms with Crippen LogP contribution in [0.2, 0.25) is 0 Å². The van der Waals surface area contributed by atoms with Crippen molar-refractivity contribution in [2.45, 2.75) is 26.3 Å². The third-order valence-electron chi connectivity index (χ3n) is 7.07. The van der Waals surface area contributed by atoms with E-state index in [9.17, 15) is 14.0 Å². The van der Waals surface area contributed by atoms with Gasteiger partial charge in [0.2, 0.25) is 5.91 Å². The van der Waals surface area contributed by atoms with E-state index in [-0.39, 0.29) is 24.4 Å². The average molecular weight is 536 g/mol. The molecule has 1 fully saturated rings. The van der Waals surface area contributed by atoms with E-state index in [1.165, 1.54) is 24.3 Å². The monoisotopic (exact) mass is 535 g/mol. The highest BCUT2D eigenvalue weighted by molar-refractivity contribution is 5.96. The number of aromatic nitrogens is 2. The summed E-state index contributed by atoms with van der Waals surface area (Å²) >= 11 is 0. The molecule has 2 amide bonds. The fourth-order valence-corrected chi connectivity index (χ4v) is 4.48. The fourth-order valence-electron chi connectivity index (χ4n) is 4.48. The van der Waals surface area contributed by atoms with Crippen LogP contribution in [-0.2, 0) is 4.79 Å². The van der Waals surface area contributed by atoms with Gasteiger partial charge in [-0.3, -0.25) is 9.59 Å². The normalized spacial score (nSPS) is 14.1. The van der Waals surface area contributed by atoms with E-state index >= 15 is 0 Å². The van der Waals surface area contributed by atoms with Gasteiger partial charge in [-0.1, -0.05) is 6.92 Å². The number of nitrogens with zero attached hydrogens (tertiary/aromatic N) is 5. The van der Waals surface area contributed by atoms with Gasteiger partial charge in [0.1, 0.15) is 23.9 Å². The minimum atomic E-state index is -0.407. The number of carbonyl (C=O) groups is 2. The van der Waals surface area contributed by atoms with E-state index in [1.54, 1.807) is 30.1 Å². The van der Waals surface area contributed by atoms with Crippen LogP contribution >= 0.6 is 0 Å². The van der Waals surface area contributed by atoms with E-state index in [0.717, 1.165) is 11.4 Å². The second kappa shape index (κ2) is 12.6. The molecule has 39 heavy (non-hydrogen) atoms. The van der Waals surface area contributed by atoms with Crippen LogP contribution in [-0.4, -0.2) is 84.8 Å². The minimum Gasteiger partial charge on any atom is -0.497 e. The number of piperazine rings is 1. The van der Waals surface area contributed by atoms with Crippen molar-refractivity contribution in [1.29, 1.82) is 0 Å². The molecular weight excluding hydrogens is 501 g/mol. The smallest absolute Gasteiger partial charge is 0.254 e. The summed E-state index contributed by atoms with van der Waals surface area (Å²) in [6, 6.07) is 14.6. The van der Waals surface area contributed by atoms with Crippen molar-refractivity contribution >= 4 is 17.6 Å². The van der Waals surface area contributed by atoms with Gasteiger partial charge in [-0.25, -0.2) is 4.39 Å². The van der Waals surface area contributed by atoms with Gasteiger partial charge in [-0.05, 0) is 61.9 Å². The Morgan fingerprint density at radius 3 is 2.28 bits per heavy atom. The first-order valence-corrected chi connectivity index (χ1v) is 13.0. The molecule has 10 heteroatoms. The van der Waals surface area contributed by atoms with Crippen LogP contribution < -0.4 is 14.4 Å². The number of hydrogen-bond acceptors (Lipinski definition) is 7. The minimum absolute atomic E-state index is 0.0244. The highest BCUT2D eigenvalue weighted by atomic mass is 19.1. The van der Waals surface area contributed by atoms with Crippen LogP contribution in [0.4, 0.5) is 10.2 Å². The van der Waals surface area contributed by atoms with Crippen LogP contribution in [0.15, 0.2) is 54.6 Å². The Morgan fingerprint density at radius 1 is 0.974 bits per heavy atom. The number of amides is 2. The standard InChI is InChI=1S/C29H34FN5O4/c1-5-20(2)35(29(37)21-6-8-22(30)9-7-21)19-28(36)34-16-14-33(15-17-34)27-13-12-25(31-32-27)24-11-10-23(38-3)18-26(24)39-4/h6-13,18,20H,5,14-17,19H2,1-4H3/t20-/m0/s1. The zero-order valence-electron chi connectivity index (χ0n) is 22.8. The molecule has 0 saturated carbocycles. The van der Waals surface area contributed by atoms with Crippen molar-refractivity contribution in [2.24, 2.45) is 0 Å². The number of methoxy groups -OCH3 is 2. The molecule has 206 valence electrons. The molecule has 1 aliphatic heterocycles. The van der Waals surface area contributed by atoms with Crippen molar-refractivity contribution in [3.8, 4) is 22.8 Å². The summed E-state index contributed by atoms with van der Waals surface area (Å²) in [5.74, 6) is 1.27. The van der Waals surface area contributed by atoms with E-state index in [2.05, 4.69) is 15.1 Å². The van der Waals surface area contributed by atoms with Crippen LogP contribution in [0.3, 0.4) is 0 Å². The van der Waals surface area contributed by atoms with Crippen LogP contribution in [0.1, 0.15) is 30.6 Å². The molecule has 1 saturated heterocycles. The van der Waals surface area contributed by atoms with Gasteiger partial charge in [-0.15, -0.1) is 10.2 Å². The Balaban J connectivity index is 1.37. The van der Waals surface area contributed by atoms with Crippen molar-refractivity contribution in [3.63, 3.8) is 0 Å². The van der Waals surface area contributed by atoms with E-state index in [0.29, 0.717) is 55.4 Å². The van der Waals surface area contributed by atoms with Crippen molar-refractivity contribution in [3.05, 3.63) is 66.0 Å². The Morgan fingerprint density at radius 2 is 1.69 bits per heavy atom. The van der Waals surface area contributed by atoms with Gasteiger partial charge in [0.15, 0.2) is 5.82 Å². The molecule has 2 aromatic carbocycles. The number of ether oxygens (including phenoxy) is 2. The average Bonchev–Trinajstić information content (AvgIpc) is 2.99. The molecule has 2 heterocycles. The Hall–Kier alpha value is -4.21. The number of rotatable bonds is 9. The summed E-state index contributed by atoms with van der Waals surface area (Å²) in [4.78, 5) is 31.7. The van der Waals surface area contributed by atoms with Gasteiger partial charge in [0.05, 0.1) is 19.9 Å². The third-order valence-corrected chi connectivity index (χ3v) is 7.07. The molecule has 0 aliphatic carbocycles. The van der Waals surface area contributed by atoms with E-state index in [1.807, 2.05) is 38.1 Å². The molecule has 0 N–H and O–H groups in total. The quantitative estimate of drug-likeness (QED) is 0.411. The zero-order chi connectivity index (χ0) is 27.9. The number of halogens is 1. The SMILES string of the molecule is CC[C@H](C)N(CC(=O)N1CCN(c2ccc(-c3ccc(OC)cc3OC)nn2)CC1)C(=O)c1ccc(F)cc1. The Kier molecular flexibility index (Phi) is 8.96. The second-order valence-electron chi connectivity index (χ2n) is 9.41. The predicted octanol–water partition coefficient (Wildman–Crippen LogP) is 3.89. The molecular formula is C29H34FN5O4. The van der Waals surface area contributed by atoms with Crippen molar-refractivity contribution < 1.29 is 23.5 Å². The highest BCUT2D eigenvalue weighted by Crippen LogP contribution is 2.32. The van der Waals surface area contributed by atoms with Gasteiger partial charge in [-0.2, -0.15) is 0 Å². The first-order valence-electron chi connectivity index (χ1n) is 13.0. The summed E-state index contributed by atoms with van der Waals surface area (Å²) in [7, 11) is 3.20. The van der Waals surface area contributed by atoms with Crippen LogP contribution in [0.25, 0.3) is 11.3 Å². The molecule has 4 rings (SSSR count). The lowest BCUT2D eigenvalue weighted by atomic mass is 10.1. The lowest BCUT2D eigenvalue weighted by molar-refractivity contribution is -0.132. The molecule has 1 atom stereocenters. The van der Waals surface area contributed by atoms with Crippen LogP contribution in [0.5, 0.6) is 11.5 Å². The van der Waals surface area contributed by atoms with E-state index in [4.69, 9.17) is 9.47 Å². The summed E-state index contributed by atoms with van der Waals surface area (Å²) in [6.45, 7) is 6.07. The lowest BCUT2D eigenvalue weighted by Crippen LogP contribution is -2.53. The van der Waals surface area contributed by atoms with E-state index < -0.39 is 5.82 Å². The second-order valence-corrected chi connectivity index (χ2v) is 9.41. The summed E-state index contributed by atoms with van der Waals surface area (Å²) in [5.41, 5.74) is 1.86. The number of benzene rings is 2. The van der Waals surface area contributed by atoms with Gasteiger partial charge < -0.3 is 24.2 Å². The molecule has 0 bridgehead atoms. The summed E-state index contributed by atoms with van der Waals surface area (Å²) < 4.78 is 24.1. The van der Waals surface area contributed by atoms with Crippen molar-refractivity contribution in [1.82, 2.24) is 20.0 Å². The maximum absolute atomic E-state index is 13.3. The fraction of sp³-hybridized carbons (Fsp3) is 0.379. The lowest BCUT2D eigenvalue weighted by Gasteiger charge is -2.37. The summed E-state index contributed by atoms with van der Waals surface area (Å²) in [6.07, 6.45) is 0.699. The topological polar surface area (TPSA) is 88.1 Å². The van der Waals surface area contributed by atoms with Crippen LogP contribution in [0, 0.1) is 5.82 Å². The molecule has 3 aromatic rings. The molecule has 0 unspecified atom stereocenters. The first kappa shape index (κ1) is 27.8. The first-order chi connectivity index (χ1) is 18.8. The largest absolute Gasteiger partial charge is 0.497 e. The molecule has 1 aliphatic rings. The molecule has 0 spiro atoms. The zero-order valence-corrected chi connectivity index (χ0v) is 22.8. The third kappa shape index (κ3) is 6.45. The number of anilines is 1. The van der Waals surface area contributed by atoms with Crippen molar-refractivity contribution in [2.75, 3.05) is 51.8 Å². The molecule has 0 radical (unpaired) electrons. The van der Waals surface area contributed by atoms with Gasteiger partial charge in [0.25, 0.3) is 5.91 Å². The number of carbonyl (C=O) groups excluding carboxylic acids is 2. The highest BCUT2D eigenvalue weighted by Gasteiger charge is 2.28. The van der Waals surface area contributed by atoms with Gasteiger partial charge >= 0.3 is 0 Å². The maximum Gasteiger partial charge on any atom is 0.254 e. The Bertz CT molecular complexity index is 1280.